The van der Waals surface area contributed by atoms with E-state index in [1.165, 1.54) is 34.2 Å². The summed E-state index contributed by atoms with van der Waals surface area (Å²) in [6.45, 7) is 0.530. The number of carbonyl (C=O) groups excluding carboxylic acids is 1. The average molecular weight is 657 g/mol. The van der Waals surface area contributed by atoms with Gasteiger partial charge in [-0.05, 0) is 47.9 Å². The highest BCUT2D eigenvalue weighted by Gasteiger charge is 2.20. The van der Waals surface area contributed by atoms with Crippen LogP contribution in [0.4, 0.5) is 0 Å². The molecule has 0 aliphatic rings. The number of benzene rings is 4. The van der Waals surface area contributed by atoms with E-state index in [1.807, 2.05) is 89.5 Å². The van der Waals surface area contributed by atoms with Gasteiger partial charge < -0.3 is 5.32 Å². The van der Waals surface area contributed by atoms with Gasteiger partial charge in [0.15, 0.2) is 11.0 Å². The minimum atomic E-state index is -0.180. The van der Waals surface area contributed by atoms with E-state index in [0.29, 0.717) is 39.0 Å². The predicted molar refractivity (Wildman–Crippen MR) is 180 cm³/mol. The molecule has 0 unspecified atom stereocenters. The Balaban J connectivity index is 1.13. The number of thiazole rings is 1. The lowest BCUT2D eigenvalue weighted by atomic mass is 9.88. The number of carbonyl (C=O) groups is 1. The SMILES string of the molecule is O=C(NCCC(c1ccccc1)c1ccccc1)c1csc(CSc2nnc(-c3ccccc3Cl)n2-c2cccc(Cl)c2)n1. The first-order chi connectivity index (χ1) is 21.6. The van der Waals surface area contributed by atoms with Crippen LogP contribution in [0.2, 0.25) is 10.0 Å². The third-order valence-corrected chi connectivity index (χ3v) is 9.58. The monoisotopic (exact) mass is 655 g/mol. The first kappa shape index (κ1) is 30.1. The second kappa shape index (κ2) is 14.2. The minimum Gasteiger partial charge on any atom is -0.351 e. The molecule has 0 atom stereocenters. The number of hydrogen-bond donors (Lipinski definition) is 1. The van der Waals surface area contributed by atoms with Gasteiger partial charge >= 0.3 is 0 Å². The topological polar surface area (TPSA) is 72.7 Å². The van der Waals surface area contributed by atoms with Gasteiger partial charge in [0.1, 0.15) is 10.7 Å². The number of halogens is 2. The molecule has 0 saturated carbocycles. The lowest BCUT2D eigenvalue weighted by molar-refractivity contribution is 0.0948. The molecule has 1 amide bonds. The van der Waals surface area contributed by atoms with Crippen molar-refractivity contribution < 1.29 is 4.79 Å². The molecule has 10 heteroatoms. The molecule has 220 valence electrons. The molecule has 6 aromatic rings. The third-order valence-electron chi connectivity index (χ3n) is 7.05. The van der Waals surface area contributed by atoms with Crippen LogP contribution in [0.1, 0.15) is 39.0 Å². The van der Waals surface area contributed by atoms with Crippen molar-refractivity contribution in [1.82, 2.24) is 25.1 Å². The molecule has 6 nitrogen and oxygen atoms in total. The van der Waals surface area contributed by atoms with E-state index in [9.17, 15) is 4.79 Å². The molecule has 2 heterocycles. The van der Waals surface area contributed by atoms with E-state index < -0.39 is 0 Å². The molecule has 0 spiro atoms. The Labute approximate surface area is 274 Å². The molecule has 6 rings (SSSR count). The van der Waals surface area contributed by atoms with Crippen molar-refractivity contribution in [3.05, 3.63) is 146 Å². The highest BCUT2D eigenvalue weighted by Crippen LogP contribution is 2.34. The molecule has 4 aromatic carbocycles. The zero-order valence-corrected chi connectivity index (χ0v) is 26.6. The summed E-state index contributed by atoms with van der Waals surface area (Å²) in [4.78, 5) is 17.6. The number of rotatable bonds is 11. The van der Waals surface area contributed by atoms with Crippen molar-refractivity contribution in [1.29, 1.82) is 0 Å². The summed E-state index contributed by atoms with van der Waals surface area (Å²) >= 11 is 15.8. The molecule has 2 aromatic heterocycles. The fraction of sp³-hybridized carbons (Fsp3) is 0.118. The molecule has 44 heavy (non-hydrogen) atoms. The first-order valence-corrected chi connectivity index (χ1v) is 16.6. The highest BCUT2D eigenvalue weighted by atomic mass is 35.5. The maximum Gasteiger partial charge on any atom is 0.270 e. The van der Waals surface area contributed by atoms with Crippen LogP contribution in [0.25, 0.3) is 17.1 Å². The highest BCUT2D eigenvalue weighted by molar-refractivity contribution is 7.98. The largest absolute Gasteiger partial charge is 0.351 e. The quantitative estimate of drug-likeness (QED) is 0.141. The van der Waals surface area contributed by atoms with Gasteiger partial charge in [0, 0.05) is 28.4 Å². The van der Waals surface area contributed by atoms with Crippen molar-refractivity contribution in [3.8, 4) is 17.1 Å². The van der Waals surface area contributed by atoms with Crippen molar-refractivity contribution >= 4 is 52.2 Å². The first-order valence-electron chi connectivity index (χ1n) is 14.0. The van der Waals surface area contributed by atoms with E-state index in [-0.39, 0.29) is 11.8 Å². The van der Waals surface area contributed by atoms with Crippen molar-refractivity contribution in [2.24, 2.45) is 0 Å². The zero-order valence-electron chi connectivity index (χ0n) is 23.4. The molecular formula is C34H27Cl2N5OS2. The number of thioether (sulfide) groups is 1. The standard InChI is InChI=1S/C34H27Cl2N5OS2/c35-25-14-9-15-26(20-25)41-32(28-16-7-8-17-29(28)36)39-40-34(41)44-22-31-38-30(21-43-31)33(42)37-19-18-27(23-10-3-1-4-11-23)24-12-5-2-6-13-24/h1-17,20-21,27H,18-19,22H2,(H,37,42). The van der Waals surface area contributed by atoms with Crippen LogP contribution in [-0.4, -0.2) is 32.2 Å². The molecule has 0 bridgehead atoms. The van der Waals surface area contributed by atoms with E-state index in [0.717, 1.165) is 22.7 Å². The van der Waals surface area contributed by atoms with Crippen LogP contribution in [0.15, 0.2) is 120 Å². The Morgan fingerprint density at radius 2 is 1.57 bits per heavy atom. The molecule has 0 aliphatic heterocycles. The molecular weight excluding hydrogens is 629 g/mol. The Bertz CT molecular complexity index is 1820. The van der Waals surface area contributed by atoms with Crippen molar-refractivity contribution in [2.75, 3.05) is 6.54 Å². The van der Waals surface area contributed by atoms with Gasteiger partial charge in [0.25, 0.3) is 5.91 Å². The van der Waals surface area contributed by atoms with E-state index in [4.69, 9.17) is 23.2 Å². The van der Waals surface area contributed by atoms with Crippen LogP contribution >= 0.6 is 46.3 Å². The normalized spacial score (nSPS) is 11.2. The number of aromatic nitrogens is 4. The number of nitrogens with zero attached hydrogens (tertiary/aromatic N) is 4. The summed E-state index contributed by atoms with van der Waals surface area (Å²) in [5, 5.41) is 16.5. The Morgan fingerprint density at radius 1 is 0.864 bits per heavy atom. The van der Waals surface area contributed by atoms with Crippen LogP contribution < -0.4 is 5.32 Å². The molecule has 1 N–H and O–H groups in total. The van der Waals surface area contributed by atoms with Gasteiger partial charge in [-0.2, -0.15) is 0 Å². The fourth-order valence-corrected chi connectivity index (χ4v) is 7.10. The summed E-state index contributed by atoms with van der Waals surface area (Å²) < 4.78 is 1.94. The second-order valence-electron chi connectivity index (χ2n) is 9.93. The molecule has 0 aliphatic carbocycles. The van der Waals surface area contributed by atoms with Gasteiger partial charge in [0.2, 0.25) is 0 Å². The van der Waals surface area contributed by atoms with Crippen LogP contribution in [0, 0.1) is 0 Å². The van der Waals surface area contributed by atoms with Gasteiger partial charge in [-0.1, -0.05) is 114 Å². The molecule has 0 saturated heterocycles. The maximum atomic E-state index is 13.0. The van der Waals surface area contributed by atoms with Crippen LogP contribution in [-0.2, 0) is 5.75 Å². The fourth-order valence-electron chi connectivity index (χ4n) is 4.95. The lowest BCUT2D eigenvalue weighted by Crippen LogP contribution is -2.26. The Morgan fingerprint density at radius 3 is 2.27 bits per heavy atom. The van der Waals surface area contributed by atoms with Gasteiger partial charge in [-0.25, -0.2) is 4.98 Å². The molecule has 0 fully saturated rings. The summed E-state index contributed by atoms with van der Waals surface area (Å²) in [6, 6.07) is 35.8. The lowest BCUT2D eigenvalue weighted by Gasteiger charge is -2.18. The van der Waals surface area contributed by atoms with Gasteiger partial charge in [0.05, 0.1) is 16.5 Å². The van der Waals surface area contributed by atoms with E-state index in [2.05, 4.69) is 44.8 Å². The summed E-state index contributed by atoms with van der Waals surface area (Å²) in [6.07, 6.45) is 0.777. The Kier molecular flexibility index (Phi) is 9.73. The summed E-state index contributed by atoms with van der Waals surface area (Å²) in [5.74, 6) is 1.14. The van der Waals surface area contributed by atoms with E-state index in [1.54, 1.807) is 5.38 Å². The van der Waals surface area contributed by atoms with Gasteiger partial charge in [-0.3, -0.25) is 9.36 Å². The second-order valence-corrected chi connectivity index (χ2v) is 12.7. The van der Waals surface area contributed by atoms with Gasteiger partial charge in [-0.15, -0.1) is 21.5 Å². The van der Waals surface area contributed by atoms with Crippen LogP contribution in [0.3, 0.4) is 0 Å². The smallest absolute Gasteiger partial charge is 0.270 e. The number of nitrogens with one attached hydrogen (secondary N) is 1. The van der Waals surface area contributed by atoms with Crippen molar-refractivity contribution in [2.45, 2.75) is 23.2 Å². The predicted octanol–water partition coefficient (Wildman–Crippen LogP) is 8.94. The van der Waals surface area contributed by atoms with Crippen LogP contribution in [0.5, 0.6) is 0 Å². The summed E-state index contributed by atoms with van der Waals surface area (Å²) in [7, 11) is 0. The maximum absolute atomic E-state index is 13.0. The third kappa shape index (κ3) is 7.05. The summed E-state index contributed by atoms with van der Waals surface area (Å²) in [5.41, 5.74) is 4.45. The van der Waals surface area contributed by atoms with Crippen molar-refractivity contribution in [3.63, 3.8) is 0 Å². The minimum absolute atomic E-state index is 0.180. The number of hydrogen-bond acceptors (Lipinski definition) is 6. The zero-order chi connectivity index (χ0) is 30.3. The Hall–Kier alpha value is -3.95. The number of amides is 1. The van der Waals surface area contributed by atoms with E-state index >= 15 is 0 Å². The average Bonchev–Trinajstić information content (AvgIpc) is 3.71. The molecule has 0 radical (unpaired) electrons.